The molecule has 3 amide bonds. The summed E-state index contributed by atoms with van der Waals surface area (Å²) in [6.45, 7) is 2.42. The van der Waals surface area contributed by atoms with Crippen LogP contribution in [0.5, 0.6) is 0 Å². The Morgan fingerprint density at radius 2 is 1.72 bits per heavy atom. The molecule has 0 atom stereocenters. The fourth-order valence-electron chi connectivity index (χ4n) is 3.48. The molecule has 2 aromatic heterocycles. The third-order valence-corrected chi connectivity index (χ3v) is 6.06. The normalized spacial score (nSPS) is 10.8. The molecule has 0 saturated carbocycles. The monoisotopic (exact) mass is 446 g/mol. The number of thiophene rings is 1. The maximum atomic E-state index is 13.1. The first-order chi connectivity index (χ1) is 15.5. The SMILES string of the molecule is Cc1sc2ncn(CCC(=O)NC(=O)NCc3ccccc3)c(=O)c2c1-c1ccccc1. The van der Waals surface area contributed by atoms with Crippen LogP contribution in [0.1, 0.15) is 16.9 Å². The van der Waals surface area contributed by atoms with Crippen LogP contribution in [0.25, 0.3) is 21.3 Å². The van der Waals surface area contributed by atoms with Crippen molar-refractivity contribution in [1.29, 1.82) is 0 Å². The lowest BCUT2D eigenvalue weighted by molar-refractivity contribution is -0.120. The number of carbonyl (C=O) groups is 2. The summed E-state index contributed by atoms with van der Waals surface area (Å²) in [4.78, 5) is 43.4. The molecule has 2 N–H and O–H groups in total. The number of imide groups is 1. The van der Waals surface area contributed by atoms with Crippen molar-refractivity contribution >= 4 is 33.5 Å². The molecule has 0 aliphatic carbocycles. The van der Waals surface area contributed by atoms with Gasteiger partial charge in [0.25, 0.3) is 5.56 Å². The molecule has 0 unspecified atom stereocenters. The maximum absolute atomic E-state index is 13.1. The minimum absolute atomic E-state index is 0.0182. The average molecular weight is 447 g/mol. The van der Waals surface area contributed by atoms with Crippen LogP contribution in [-0.2, 0) is 17.9 Å². The number of aryl methyl sites for hydroxylation is 2. The highest BCUT2D eigenvalue weighted by atomic mass is 32.1. The van der Waals surface area contributed by atoms with Gasteiger partial charge in [-0.05, 0) is 18.1 Å². The fraction of sp³-hybridized carbons (Fsp3) is 0.167. The van der Waals surface area contributed by atoms with Gasteiger partial charge in [-0.1, -0.05) is 60.7 Å². The molecule has 0 bridgehead atoms. The topological polar surface area (TPSA) is 93.1 Å². The Balaban J connectivity index is 1.43. The van der Waals surface area contributed by atoms with E-state index in [1.54, 1.807) is 0 Å². The molecule has 0 aliphatic heterocycles. The van der Waals surface area contributed by atoms with Crippen LogP contribution >= 0.6 is 11.3 Å². The lowest BCUT2D eigenvalue weighted by atomic mass is 10.0. The Morgan fingerprint density at radius 1 is 1.03 bits per heavy atom. The number of hydrogen-bond donors (Lipinski definition) is 2. The molecule has 0 radical (unpaired) electrons. The Morgan fingerprint density at radius 3 is 2.44 bits per heavy atom. The number of nitrogens with one attached hydrogen (secondary N) is 2. The van der Waals surface area contributed by atoms with E-state index in [0.717, 1.165) is 21.6 Å². The molecule has 162 valence electrons. The van der Waals surface area contributed by atoms with Crippen LogP contribution in [0.2, 0.25) is 0 Å². The van der Waals surface area contributed by atoms with Crippen molar-refractivity contribution in [3.63, 3.8) is 0 Å². The van der Waals surface area contributed by atoms with E-state index in [4.69, 9.17) is 0 Å². The summed E-state index contributed by atoms with van der Waals surface area (Å²) < 4.78 is 1.42. The van der Waals surface area contributed by atoms with Gasteiger partial charge in [0, 0.05) is 30.0 Å². The molecule has 0 saturated heterocycles. The molecule has 0 fully saturated rings. The van der Waals surface area contributed by atoms with Crippen LogP contribution < -0.4 is 16.2 Å². The van der Waals surface area contributed by atoms with Gasteiger partial charge in [-0.3, -0.25) is 19.5 Å². The van der Waals surface area contributed by atoms with E-state index in [1.807, 2.05) is 67.6 Å². The molecule has 2 heterocycles. The van der Waals surface area contributed by atoms with Crippen LogP contribution in [0, 0.1) is 6.92 Å². The van der Waals surface area contributed by atoms with Gasteiger partial charge >= 0.3 is 6.03 Å². The number of carbonyl (C=O) groups excluding carboxylic acids is 2. The standard InChI is InChI=1S/C24H22N4O3S/c1-16-20(18-10-6-3-7-11-18)21-22(32-16)26-15-28(23(21)30)13-12-19(29)27-24(31)25-14-17-8-4-2-5-9-17/h2-11,15H,12-14H2,1H3,(H2,25,27,29,31). The number of fused-ring (bicyclic) bond motifs is 1. The highest BCUT2D eigenvalue weighted by molar-refractivity contribution is 7.19. The number of nitrogens with zero attached hydrogens (tertiary/aromatic N) is 2. The van der Waals surface area contributed by atoms with Gasteiger partial charge in [-0.15, -0.1) is 11.3 Å². The average Bonchev–Trinajstić information content (AvgIpc) is 3.15. The molecule has 2 aromatic carbocycles. The van der Waals surface area contributed by atoms with Crippen molar-refractivity contribution in [2.45, 2.75) is 26.4 Å². The maximum Gasteiger partial charge on any atom is 0.321 e. The Kier molecular flexibility index (Phi) is 6.42. The summed E-state index contributed by atoms with van der Waals surface area (Å²) in [5.41, 5.74) is 2.57. The van der Waals surface area contributed by atoms with E-state index in [0.29, 0.717) is 16.8 Å². The molecule has 4 aromatic rings. The van der Waals surface area contributed by atoms with Crippen LogP contribution in [-0.4, -0.2) is 21.5 Å². The van der Waals surface area contributed by atoms with Crippen molar-refractivity contribution in [2.24, 2.45) is 0 Å². The second kappa shape index (κ2) is 9.57. The first-order valence-electron chi connectivity index (χ1n) is 10.2. The molecule has 32 heavy (non-hydrogen) atoms. The third kappa shape index (κ3) is 4.76. The highest BCUT2D eigenvalue weighted by Gasteiger charge is 2.17. The van der Waals surface area contributed by atoms with E-state index < -0.39 is 11.9 Å². The quantitative estimate of drug-likeness (QED) is 0.471. The molecular weight excluding hydrogens is 424 g/mol. The zero-order valence-corrected chi connectivity index (χ0v) is 18.3. The lowest BCUT2D eigenvalue weighted by Gasteiger charge is -2.08. The van der Waals surface area contributed by atoms with E-state index in [2.05, 4.69) is 15.6 Å². The van der Waals surface area contributed by atoms with Crippen LogP contribution in [0.4, 0.5) is 4.79 Å². The van der Waals surface area contributed by atoms with Crippen molar-refractivity contribution in [2.75, 3.05) is 0 Å². The van der Waals surface area contributed by atoms with Crippen molar-refractivity contribution in [1.82, 2.24) is 20.2 Å². The van der Waals surface area contributed by atoms with Gasteiger partial charge in [-0.2, -0.15) is 0 Å². The van der Waals surface area contributed by atoms with Crippen LogP contribution in [0.3, 0.4) is 0 Å². The van der Waals surface area contributed by atoms with Gasteiger partial charge in [-0.25, -0.2) is 9.78 Å². The number of hydrogen-bond acceptors (Lipinski definition) is 5. The summed E-state index contributed by atoms with van der Waals surface area (Å²) in [6.07, 6.45) is 1.44. The summed E-state index contributed by atoms with van der Waals surface area (Å²) in [6, 6.07) is 18.6. The zero-order valence-electron chi connectivity index (χ0n) is 17.5. The smallest absolute Gasteiger partial charge is 0.321 e. The summed E-state index contributed by atoms with van der Waals surface area (Å²) in [7, 11) is 0. The molecule has 8 heteroatoms. The van der Waals surface area contributed by atoms with Crippen molar-refractivity contribution < 1.29 is 9.59 Å². The minimum Gasteiger partial charge on any atom is -0.334 e. The Bertz CT molecular complexity index is 1310. The molecule has 0 aliphatic rings. The third-order valence-electron chi connectivity index (χ3n) is 5.05. The molecule has 7 nitrogen and oxygen atoms in total. The first kappa shape index (κ1) is 21.5. The van der Waals surface area contributed by atoms with Gasteiger partial charge in [0.2, 0.25) is 5.91 Å². The van der Waals surface area contributed by atoms with Gasteiger partial charge in [0.1, 0.15) is 4.83 Å². The van der Waals surface area contributed by atoms with E-state index in [-0.39, 0.29) is 18.5 Å². The van der Waals surface area contributed by atoms with Crippen molar-refractivity contribution in [3.8, 4) is 11.1 Å². The zero-order chi connectivity index (χ0) is 22.5. The first-order valence-corrected chi connectivity index (χ1v) is 11.0. The highest BCUT2D eigenvalue weighted by Crippen LogP contribution is 2.35. The van der Waals surface area contributed by atoms with Crippen molar-refractivity contribution in [3.05, 3.63) is 87.8 Å². The summed E-state index contributed by atoms with van der Waals surface area (Å²) in [5.74, 6) is -0.465. The summed E-state index contributed by atoms with van der Waals surface area (Å²) in [5, 5.41) is 5.49. The van der Waals surface area contributed by atoms with E-state index in [1.165, 1.54) is 22.2 Å². The number of benzene rings is 2. The lowest BCUT2D eigenvalue weighted by Crippen LogP contribution is -2.39. The largest absolute Gasteiger partial charge is 0.334 e. The molecular formula is C24H22N4O3S. The fourth-order valence-corrected chi connectivity index (χ4v) is 4.49. The van der Waals surface area contributed by atoms with E-state index >= 15 is 0 Å². The second-order valence-electron chi connectivity index (χ2n) is 7.29. The number of amides is 3. The van der Waals surface area contributed by atoms with E-state index in [9.17, 15) is 14.4 Å². The Hall–Kier alpha value is -3.78. The van der Waals surface area contributed by atoms with Crippen LogP contribution in [0.15, 0.2) is 71.8 Å². The summed E-state index contributed by atoms with van der Waals surface area (Å²) >= 11 is 1.48. The number of rotatable bonds is 6. The number of aromatic nitrogens is 2. The van der Waals surface area contributed by atoms with Gasteiger partial charge < -0.3 is 5.32 Å². The predicted molar refractivity (Wildman–Crippen MR) is 125 cm³/mol. The second-order valence-corrected chi connectivity index (χ2v) is 8.49. The molecule has 4 rings (SSSR count). The predicted octanol–water partition coefficient (Wildman–Crippen LogP) is 3.85. The Labute approximate surface area is 188 Å². The molecule has 0 spiro atoms. The minimum atomic E-state index is -0.570. The number of urea groups is 1. The van der Waals surface area contributed by atoms with Gasteiger partial charge in [0.15, 0.2) is 0 Å². The van der Waals surface area contributed by atoms with Gasteiger partial charge in [0.05, 0.1) is 11.7 Å².